The van der Waals surface area contributed by atoms with E-state index in [1.54, 1.807) is 12.4 Å². The number of pyridine rings is 2. The Morgan fingerprint density at radius 2 is 1.00 bits per heavy atom. The highest BCUT2D eigenvalue weighted by atomic mass is 79.9. The lowest BCUT2D eigenvalue weighted by Gasteiger charge is -1.95. The zero-order valence-electron chi connectivity index (χ0n) is 11.6. The van der Waals surface area contributed by atoms with E-state index < -0.39 is 0 Å². The molecule has 2 nitrogen and oxygen atoms in total. The highest BCUT2D eigenvalue weighted by Crippen LogP contribution is 2.18. The highest BCUT2D eigenvalue weighted by molar-refractivity contribution is 9.10. The van der Waals surface area contributed by atoms with Crippen molar-refractivity contribution in [2.45, 2.75) is 0 Å². The van der Waals surface area contributed by atoms with Crippen LogP contribution in [0.4, 0.5) is 0 Å². The van der Waals surface area contributed by atoms with E-state index in [4.69, 9.17) is 0 Å². The predicted molar refractivity (Wildman–Crippen MR) is 98.9 cm³/mol. The van der Waals surface area contributed by atoms with E-state index in [1.165, 1.54) is 21.5 Å². The smallest absolute Gasteiger partial charge is 0.0346 e. The number of fused-ring (bicyclic) bond motifs is 2. The Balaban J connectivity index is 0.000000131. The lowest BCUT2D eigenvalue weighted by molar-refractivity contribution is 1.36. The van der Waals surface area contributed by atoms with Crippen molar-refractivity contribution in [3.05, 3.63) is 82.3 Å². The molecule has 2 heterocycles. The molecule has 0 unspecified atom stereocenters. The summed E-state index contributed by atoms with van der Waals surface area (Å²) in [4.78, 5) is 8.05. The molecule has 0 aliphatic carbocycles. The van der Waals surface area contributed by atoms with Gasteiger partial charge in [0.05, 0.1) is 0 Å². The second-order valence-electron chi connectivity index (χ2n) is 4.73. The molecular formula is C18H12Br2N2. The summed E-state index contributed by atoms with van der Waals surface area (Å²) in [7, 11) is 0. The lowest BCUT2D eigenvalue weighted by Crippen LogP contribution is -1.73. The van der Waals surface area contributed by atoms with Crippen molar-refractivity contribution in [3.8, 4) is 0 Å². The maximum Gasteiger partial charge on any atom is 0.0346 e. The predicted octanol–water partition coefficient (Wildman–Crippen LogP) is 5.99. The molecular weight excluding hydrogens is 404 g/mol. The molecule has 0 saturated carbocycles. The van der Waals surface area contributed by atoms with Crippen molar-refractivity contribution >= 4 is 53.4 Å². The number of hydrogen-bond acceptors (Lipinski definition) is 2. The Morgan fingerprint density at radius 3 is 1.45 bits per heavy atom. The number of benzene rings is 2. The number of nitrogens with zero attached hydrogens (tertiary/aromatic N) is 2. The Bertz CT molecular complexity index is 845. The molecule has 0 aliphatic heterocycles. The summed E-state index contributed by atoms with van der Waals surface area (Å²) in [5.74, 6) is 0. The van der Waals surface area contributed by atoms with Crippen LogP contribution in [0.2, 0.25) is 0 Å². The summed E-state index contributed by atoms with van der Waals surface area (Å²) in [5.41, 5.74) is 0. The van der Waals surface area contributed by atoms with Gasteiger partial charge < -0.3 is 0 Å². The Morgan fingerprint density at radius 1 is 0.545 bits per heavy atom. The van der Waals surface area contributed by atoms with Gasteiger partial charge >= 0.3 is 0 Å². The second-order valence-corrected chi connectivity index (χ2v) is 6.57. The minimum Gasteiger partial charge on any atom is -0.264 e. The first-order valence-electron chi connectivity index (χ1n) is 6.71. The van der Waals surface area contributed by atoms with Crippen LogP contribution in [0.25, 0.3) is 21.5 Å². The molecule has 0 bridgehead atoms. The van der Waals surface area contributed by atoms with Crippen molar-refractivity contribution in [1.29, 1.82) is 0 Å². The summed E-state index contributed by atoms with van der Waals surface area (Å²) in [6.07, 6.45) is 7.33. The van der Waals surface area contributed by atoms with Crippen molar-refractivity contribution < 1.29 is 0 Å². The van der Waals surface area contributed by atoms with E-state index in [1.807, 2.05) is 48.8 Å². The molecule has 0 spiro atoms. The van der Waals surface area contributed by atoms with Crippen LogP contribution < -0.4 is 0 Å². The topological polar surface area (TPSA) is 25.8 Å². The maximum absolute atomic E-state index is 4.03. The Hall–Kier alpha value is -1.78. The average molecular weight is 416 g/mol. The molecule has 0 amide bonds. The van der Waals surface area contributed by atoms with Gasteiger partial charge in [0, 0.05) is 44.5 Å². The molecule has 0 aliphatic rings. The van der Waals surface area contributed by atoms with Gasteiger partial charge in [0.1, 0.15) is 0 Å². The highest BCUT2D eigenvalue weighted by Gasteiger charge is 1.92. The molecule has 2 aromatic carbocycles. The molecule has 0 radical (unpaired) electrons. The van der Waals surface area contributed by atoms with E-state index in [-0.39, 0.29) is 0 Å². The molecule has 4 aromatic rings. The Labute approximate surface area is 145 Å². The fourth-order valence-corrected chi connectivity index (χ4v) is 2.87. The van der Waals surface area contributed by atoms with E-state index in [9.17, 15) is 0 Å². The van der Waals surface area contributed by atoms with E-state index in [2.05, 4.69) is 54.0 Å². The molecule has 4 rings (SSSR count). The van der Waals surface area contributed by atoms with Crippen molar-refractivity contribution in [1.82, 2.24) is 9.97 Å². The summed E-state index contributed by atoms with van der Waals surface area (Å²) in [6.45, 7) is 0. The minimum absolute atomic E-state index is 1.11. The SMILES string of the molecule is Brc1ccc2cnccc2c1.Brc1ccc2cnccc2c1. The Kier molecular flexibility index (Phi) is 4.80. The first kappa shape index (κ1) is 15.1. The number of aromatic nitrogens is 2. The third-order valence-corrected chi connectivity index (χ3v) is 4.19. The molecule has 0 fully saturated rings. The van der Waals surface area contributed by atoms with Gasteiger partial charge in [-0.25, -0.2) is 0 Å². The molecule has 108 valence electrons. The third-order valence-electron chi connectivity index (χ3n) is 3.21. The molecule has 4 heteroatoms. The van der Waals surface area contributed by atoms with Crippen LogP contribution in [0.3, 0.4) is 0 Å². The molecule has 0 saturated heterocycles. The summed E-state index contributed by atoms with van der Waals surface area (Å²) in [5, 5.41) is 4.79. The molecule has 0 atom stereocenters. The van der Waals surface area contributed by atoms with Gasteiger partial charge in [-0.15, -0.1) is 0 Å². The number of hydrogen-bond donors (Lipinski definition) is 0. The summed E-state index contributed by atoms with van der Waals surface area (Å²) >= 11 is 6.82. The fraction of sp³-hybridized carbons (Fsp3) is 0. The minimum atomic E-state index is 1.11. The third kappa shape index (κ3) is 3.70. The van der Waals surface area contributed by atoms with Crippen LogP contribution in [-0.2, 0) is 0 Å². The summed E-state index contributed by atoms with van der Waals surface area (Å²) < 4.78 is 2.22. The van der Waals surface area contributed by atoms with Gasteiger partial charge in [-0.1, -0.05) is 44.0 Å². The standard InChI is InChI=1S/2C9H6BrN/c2*10-9-2-1-8-6-11-4-3-7(8)5-9/h2*1-6H. The van der Waals surface area contributed by atoms with Crippen molar-refractivity contribution in [2.75, 3.05) is 0 Å². The van der Waals surface area contributed by atoms with Crippen LogP contribution in [0, 0.1) is 0 Å². The largest absolute Gasteiger partial charge is 0.264 e. The maximum atomic E-state index is 4.03. The van der Waals surface area contributed by atoms with Crippen molar-refractivity contribution in [2.24, 2.45) is 0 Å². The summed E-state index contributed by atoms with van der Waals surface area (Å²) in [6, 6.07) is 16.3. The monoisotopic (exact) mass is 414 g/mol. The molecule has 22 heavy (non-hydrogen) atoms. The number of halogens is 2. The van der Waals surface area contributed by atoms with Gasteiger partial charge in [0.2, 0.25) is 0 Å². The van der Waals surface area contributed by atoms with Gasteiger partial charge in [-0.3, -0.25) is 9.97 Å². The molecule has 2 aromatic heterocycles. The average Bonchev–Trinajstić information content (AvgIpc) is 2.55. The van der Waals surface area contributed by atoms with Gasteiger partial charge in [0.15, 0.2) is 0 Å². The molecule has 0 N–H and O–H groups in total. The van der Waals surface area contributed by atoms with Gasteiger partial charge in [-0.05, 0) is 47.2 Å². The number of rotatable bonds is 0. The first-order chi connectivity index (χ1) is 10.7. The van der Waals surface area contributed by atoms with Crippen molar-refractivity contribution in [3.63, 3.8) is 0 Å². The lowest BCUT2D eigenvalue weighted by atomic mass is 10.2. The van der Waals surface area contributed by atoms with Gasteiger partial charge in [-0.2, -0.15) is 0 Å². The normalized spacial score (nSPS) is 10.3. The van der Waals surface area contributed by atoms with Crippen LogP contribution in [0.1, 0.15) is 0 Å². The zero-order chi connectivity index (χ0) is 15.4. The quantitative estimate of drug-likeness (QED) is 0.352. The second kappa shape index (κ2) is 6.99. The first-order valence-corrected chi connectivity index (χ1v) is 8.29. The van der Waals surface area contributed by atoms with Crippen LogP contribution in [-0.4, -0.2) is 9.97 Å². The van der Waals surface area contributed by atoms with E-state index >= 15 is 0 Å². The van der Waals surface area contributed by atoms with E-state index in [0.29, 0.717) is 0 Å². The van der Waals surface area contributed by atoms with Crippen LogP contribution >= 0.6 is 31.9 Å². The van der Waals surface area contributed by atoms with Crippen LogP contribution in [0.15, 0.2) is 82.3 Å². The van der Waals surface area contributed by atoms with Crippen LogP contribution in [0.5, 0.6) is 0 Å². The van der Waals surface area contributed by atoms with Gasteiger partial charge in [0.25, 0.3) is 0 Å². The fourth-order valence-electron chi connectivity index (χ4n) is 2.11. The van der Waals surface area contributed by atoms with E-state index in [0.717, 1.165) is 8.95 Å². The zero-order valence-corrected chi connectivity index (χ0v) is 14.8.